The largest absolute Gasteiger partial charge is 0.508 e. The molecule has 0 saturated carbocycles. The molecule has 0 aliphatic heterocycles. The molecule has 380 valence electrons. The Morgan fingerprint density at radius 1 is 0.301 bits per heavy atom. The van der Waals surface area contributed by atoms with E-state index in [1.54, 1.807) is 12.1 Å². The number of nitrogens with two attached hydrogens (primary N) is 1. The minimum absolute atomic E-state index is 0.0118. The highest BCUT2D eigenvalue weighted by atomic mass is 16.4. The van der Waals surface area contributed by atoms with Gasteiger partial charge in [-0.2, -0.15) is 0 Å². The Labute approximate surface area is 419 Å². The molecular formula is C54H56N6O13. The molecule has 0 aromatic heterocycles. The van der Waals surface area contributed by atoms with Crippen LogP contribution in [0.4, 0.5) is 0 Å². The summed E-state index contributed by atoms with van der Waals surface area (Å²) in [6.45, 7) is 0. The molecule has 6 atom stereocenters. The fraction of sp³-hybridized carbons (Fsp3) is 0.222. The highest BCUT2D eigenvalue weighted by Crippen LogP contribution is 2.18. The summed E-state index contributed by atoms with van der Waals surface area (Å²) in [5.41, 5.74) is 9.26. The number of benzene rings is 6. The Kier molecular flexibility index (Phi) is 18.3. The van der Waals surface area contributed by atoms with Gasteiger partial charge in [-0.3, -0.25) is 24.0 Å². The molecule has 0 unspecified atom stereocenters. The summed E-state index contributed by atoms with van der Waals surface area (Å²) >= 11 is 0. The van der Waals surface area contributed by atoms with Crippen LogP contribution in [0, 0.1) is 0 Å². The second-order valence-electron chi connectivity index (χ2n) is 17.5. The molecule has 19 nitrogen and oxygen atoms in total. The predicted molar refractivity (Wildman–Crippen MR) is 266 cm³/mol. The highest BCUT2D eigenvalue weighted by molar-refractivity contribution is 5.97. The molecule has 0 fully saturated rings. The second kappa shape index (κ2) is 25.1. The maximum Gasteiger partial charge on any atom is 0.326 e. The predicted octanol–water partition coefficient (Wildman–Crippen LogP) is 2.51. The van der Waals surface area contributed by atoms with Crippen molar-refractivity contribution in [3.8, 4) is 34.5 Å². The maximum atomic E-state index is 14.7. The van der Waals surface area contributed by atoms with Gasteiger partial charge in [-0.25, -0.2) is 4.79 Å². The summed E-state index contributed by atoms with van der Waals surface area (Å²) < 4.78 is 0. The summed E-state index contributed by atoms with van der Waals surface area (Å²) in [6.07, 6.45) is -0.952. The van der Waals surface area contributed by atoms with Gasteiger partial charge in [-0.15, -0.1) is 0 Å². The van der Waals surface area contributed by atoms with Crippen molar-refractivity contribution in [1.29, 1.82) is 0 Å². The van der Waals surface area contributed by atoms with Crippen molar-refractivity contribution >= 4 is 35.5 Å². The first kappa shape index (κ1) is 53.3. The van der Waals surface area contributed by atoms with Crippen LogP contribution >= 0.6 is 0 Å². The molecule has 0 radical (unpaired) electrons. The lowest BCUT2D eigenvalue weighted by Crippen LogP contribution is -2.60. The molecule has 14 N–H and O–H groups in total. The van der Waals surface area contributed by atoms with Crippen molar-refractivity contribution in [1.82, 2.24) is 26.6 Å². The molecule has 73 heavy (non-hydrogen) atoms. The van der Waals surface area contributed by atoms with Crippen LogP contribution in [0.1, 0.15) is 33.4 Å². The van der Waals surface area contributed by atoms with Crippen molar-refractivity contribution in [2.75, 3.05) is 0 Å². The summed E-state index contributed by atoms with van der Waals surface area (Å²) in [5, 5.41) is 82.9. The number of aromatic hydroxyl groups is 6. The van der Waals surface area contributed by atoms with E-state index < -0.39 is 71.8 Å². The van der Waals surface area contributed by atoms with Gasteiger partial charge >= 0.3 is 5.97 Å². The summed E-state index contributed by atoms with van der Waals surface area (Å²) in [4.78, 5) is 84.0. The maximum absolute atomic E-state index is 14.7. The van der Waals surface area contributed by atoms with Gasteiger partial charge in [-0.1, -0.05) is 72.8 Å². The molecule has 19 heteroatoms. The van der Waals surface area contributed by atoms with E-state index >= 15 is 0 Å². The number of carboxylic acid groups (broad SMARTS) is 1. The monoisotopic (exact) mass is 996 g/mol. The van der Waals surface area contributed by atoms with Crippen LogP contribution in [-0.4, -0.2) is 108 Å². The Balaban J connectivity index is 1.29. The summed E-state index contributed by atoms with van der Waals surface area (Å²) in [5.74, 6) is -6.04. The number of carbonyl (C=O) groups excluding carboxylic acids is 5. The van der Waals surface area contributed by atoms with Crippen LogP contribution in [0.2, 0.25) is 0 Å². The topological polar surface area (TPSA) is 330 Å². The molecule has 6 aromatic carbocycles. The molecule has 0 spiro atoms. The van der Waals surface area contributed by atoms with Crippen LogP contribution in [0.5, 0.6) is 34.5 Å². The van der Waals surface area contributed by atoms with Gasteiger partial charge in [0.25, 0.3) is 0 Å². The lowest BCUT2D eigenvalue weighted by atomic mass is 9.99. The average Bonchev–Trinajstić information content (AvgIpc) is 3.36. The van der Waals surface area contributed by atoms with Crippen molar-refractivity contribution in [2.24, 2.45) is 5.73 Å². The fourth-order valence-electron chi connectivity index (χ4n) is 7.72. The number of phenols is 6. The molecule has 0 bridgehead atoms. The number of aliphatic carboxylic acids is 1. The zero-order valence-electron chi connectivity index (χ0n) is 39.2. The number of hydrogen-bond acceptors (Lipinski definition) is 13. The zero-order valence-corrected chi connectivity index (χ0v) is 39.2. The Bertz CT molecular complexity index is 2830. The average molecular weight is 997 g/mol. The summed E-state index contributed by atoms with van der Waals surface area (Å²) in [7, 11) is 0. The van der Waals surface area contributed by atoms with Gasteiger partial charge in [0.05, 0.1) is 6.04 Å². The zero-order chi connectivity index (χ0) is 52.6. The number of hydrogen-bond donors (Lipinski definition) is 13. The third-order valence-electron chi connectivity index (χ3n) is 11.8. The molecular weight excluding hydrogens is 941 g/mol. The SMILES string of the molecule is N[C@H](Cc1ccc(O)cc1)C(=O)N[C@H](Cc1ccc(O)cc1)C(=O)N[C@H](Cc1ccc(O)cc1)C(=O)N[C@H](Cc1ccc(O)cc1)C(=O)N[C@@H](Cc1ccc(O)cc1)C(=O)N[C@@H](Cc1ccc(O)cc1)C(=O)O. The number of nitrogens with one attached hydrogen (secondary N) is 5. The van der Waals surface area contributed by atoms with Gasteiger partial charge in [0.2, 0.25) is 29.5 Å². The fourth-order valence-corrected chi connectivity index (χ4v) is 7.72. The van der Waals surface area contributed by atoms with Gasteiger partial charge in [0.1, 0.15) is 64.7 Å². The van der Waals surface area contributed by atoms with Gasteiger partial charge in [0.15, 0.2) is 0 Å². The van der Waals surface area contributed by atoms with Crippen LogP contribution in [0.25, 0.3) is 0 Å². The van der Waals surface area contributed by atoms with Crippen molar-refractivity contribution in [3.05, 3.63) is 179 Å². The first-order valence-electron chi connectivity index (χ1n) is 23.0. The lowest BCUT2D eigenvalue weighted by molar-refractivity contribution is -0.142. The minimum atomic E-state index is -1.51. The summed E-state index contributed by atoms with van der Waals surface area (Å²) in [6, 6.07) is 26.3. The van der Waals surface area contributed by atoms with Gasteiger partial charge < -0.3 is 68.1 Å². The molecule has 5 amide bonds. The number of phenolic OH excluding ortho intramolecular Hbond substituents is 6. The number of amides is 5. The van der Waals surface area contributed by atoms with E-state index in [1.807, 2.05) is 0 Å². The third-order valence-corrected chi connectivity index (χ3v) is 11.8. The smallest absolute Gasteiger partial charge is 0.326 e. The quantitative estimate of drug-likeness (QED) is 0.0439. The number of carbonyl (C=O) groups is 6. The normalized spacial score (nSPS) is 13.4. The number of carboxylic acids is 1. The van der Waals surface area contributed by atoms with Gasteiger partial charge in [0, 0.05) is 32.1 Å². The molecule has 0 heterocycles. The minimum Gasteiger partial charge on any atom is -0.508 e. The second-order valence-corrected chi connectivity index (χ2v) is 17.5. The van der Waals surface area contributed by atoms with Crippen LogP contribution in [-0.2, 0) is 67.3 Å². The van der Waals surface area contributed by atoms with E-state index in [9.17, 15) is 64.5 Å². The Morgan fingerprint density at radius 2 is 0.479 bits per heavy atom. The van der Waals surface area contributed by atoms with E-state index in [0.29, 0.717) is 33.4 Å². The lowest BCUT2D eigenvalue weighted by Gasteiger charge is -2.27. The van der Waals surface area contributed by atoms with Crippen molar-refractivity contribution < 1.29 is 64.5 Å². The first-order chi connectivity index (χ1) is 34.9. The molecule has 6 rings (SSSR count). The van der Waals surface area contributed by atoms with E-state index in [1.165, 1.54) is 133 Å². The molecule has 0 saturated heterocycles. The Hall–Kier alpha value is -9.10. The van der Waals surface area contributed by atoms with E-state index in [0.717, 1.165) is 0 Å². The van der Waals surface area contributed by atoms with Crippen LogP contribution < -0.4 is 32.3 Å². The number of rotatable bonds is 23. The van der Waals surface area contributed by atoms with E-state index in [-0.39, 0.29) is 73.0 Å². The molecule has 0 aliphatic rings. The molecule has 6 aromatic rings. The molecule has 0 aliphatic carbocycles. The highest BCUT2D eigenvalue weighted by Gasteiger charge is 2.34. The Morgan fingerprint density at radius 3 is 0.699 bits per heavy atom. The van der Waals surface area contributed by atoms with Crippen molar-refractivity contribution in [2.45, 2.75) is 74.8 Å². The first-order valence-corrected chi connectivity index (χ1v) is 23.0. The van der Waals surface area contributed by atoms with Crippen LogP contribution in [0.15, 0.2) is 146 Å². The van der Waals surface area contributed by atoms with Crippen LogP contribution in [0.3, 0.4) is 0 Å². The standard InChI is InChI=1S/C54H56N6O13/c55-43(25-31-1-13-37(61)14-2-31)49(67)56-44(26-32-3-15-38(62)16-4-32)50(68)57-45(27-33-5-17-39(63)18-6-33)51(69)58-46(28-34-7-19-40(64)20-8-34)52(70)59-47(29-35-9-21-41(65)22-10-35)53(71)60-48(54(72)73)30-36-11-23-42(66)24-12-36/h1-24,43-48,61-66H,25-30,55H2,(H,56,67)(H,57,68)(H,58,69)(H,59,70)(H,60,71)(H,72,73)/t43-,44-,45-,46-,47+,48+/m1/s1. The van der Waals surface area contributed by atoms with E-state index in [4.69, 9.17) is 5.73 Å². The van der Waals surface area contributed by atoms with Gasteiger partial charge in [-0.05, 0) is 113 Å². The third kappa shape index (κ3) is 16.5. The van der Waals surface area contributed by atoms with E-state index in [2.05, 4.69) is 26.6 Å². The van der Waals surface area contributed by atoms with Crippen molar-refractivity contribution in [3.63, 3.8) is 0 Å².